The number of benzene rings is 8. The molecule has 0 atom stereocenters. The van der Waals surface area contributed by atoms with Crippen molar-refractivity contribution in [3.05, 3.63) is 170 Å². The first-order valence-electron chi connectivity index (χ1n) is 18.6. The van der Waals surface area contributed by atoms with Gasteiger partial charge in [-0.15, -0.1) is 0 Å². The Morgan fingerprint density at radius 2 is 0.909 bits per heavy atom. The molecule has 0 amide bonds. The van der Waals surface area contributed by atoms with Crippen LogP contribution in [0, 0.1) is 0 Å². The molecule has 0 saturated heterocycles. The molecule has 8 aromatic carbocycles. The molecule has 0 radical (unpaired) electrons. The molecule has 13 aromatic rings. The summed E-state index contributed by atoms with van der Waals surface area (Å²) in [5.41, 5.74) is 12.4. The lowest BCUT2D eigenvalue weighted by atomic mass is 9.99. The molecule has 0 saturated carbocycles. The van der Waals surface area contributed by atoms with E-state index in [9.17, 15) is 0 Å². The van der Waals surface area contributed by atoms with Crippen molar-refractivity contribution in [3.63, 3.8) is 0 Å². The first kappa shape index (κ1) is 28.9. The molecule has 6 nitrogen and oxygen atoms in total. The van der Waals surface area contributed by atoms with Gasteiger partial charge in [-0.25, -0.2) is 15.0 Å². The number of nitrogens with zero attached hydrogens (tertiary/aromatic N) is 6. The van der Waals surface area contributed by atoms with Crippen molar-refractivity contribution in [2.75, 3.05) is 0 Å². The van der Waals surface area contributed by atoms with Crippen LogP contribution in [0.15, 0.2) is 170 Å². The van der Waals surface area contributed by atoms with Crippen LogP contribution in [0.1, 0.15) is 0 Å². The zero-order valence-electron chi connectivity index (χ0n) is 29.3. The van der Waals surface area contributed by atoms with Crippen LogP contribution in [0.5, 0.6) is 0 Å². The van der Waals surface area contributed by atoms with E-state index in [-0.39, 0.29) is 0 Å². The van der Waals surface area contributed by atoms with Gasteiger partial charge >= 0.3 is 0 Å². The average molecular weight is 701 g/mol. The number of para-hydroxylation sites is 5. The summed E-state index contributed by atoms with van der Waals surface area (Å²) in [6, 6.07) is 60.6. The van der Waals surface area contributed by atoms with E-state index in [0.29, 0.717) is 0 Å². The van der Waals surface area contributed by atoms with Crippen molar-refractivity contribution in [1.29, 1.82) is 0 Å². The maximum absolute atomic E-state index is 5.39. The molecule has 5 heterocycles. The van der Waals surface area contributed by atoms with Gasteiger partial charge in [0.1, 0.15) is 11.3 Å². The van der Waals surface area contributed by atoms with Crippen molar-refractivity contribution >= 4 is 98.5 Å². The second kappa shape index (κ2) is 10.5. The molecule has 0 fully saturated rings. The van der Waals surface area contributed by atoms with Gasteiger partial charge < -0.3 is 0 Å². The molecule has 6 heteroatoms. The van der Waals surface area contributed by atoms with Gasteiger partial charge in [-0.05, 0) is 81.9 Å². The third kappa shape index (κ3) is 3.84. The molecule has 55 heavy (non-hydrogen) atoms. The van der Waals surface area contributed by atoms with Gasteiger partial charge in [0, 0.05) is 26.9 Å². The Morgan fingerprint density at radius 3 is 1.76 bits per heavy atom. The summed E-state index contributed by atoms with van der Waals surface area (Å²) in [7, 11) is 0. The highest BCUT2D eigenvalue weighted by molar-refractivity contribution is 6.23. The summed E-state index contributed by atoms with van der Waals surface area (Å²) >= 11 is 0. The molecule has 0 spiro atoms. The van der Waals surface area contributed by atoms with Crippen LogP contribution in [0.2, 0.25) is 0 Å². The van der Waals surface area contributed by atoms with Crippen LogP contribution < -0.4 is 0 Å². The number of rotatable bonds is 2. The largest absolute Gasteiger partial charge is 0.292 e. The number of pyridine rings is 1. The van der Waals surface area contributed by atoms with Crippen molar-refractivity contribution in [1.82, 2.24) is 28.3 Å². The van der Waals surface area contributed by atoms with Gasteiger partial charge in [0.2, 0.25) is 5.95 Å². The van der Waals surface area contributed by atoms with Crippen molar-refractivity contribution in [3.8, 4) is 17.1 Å². The number of imidazole rings is 2. The van der Waals surface area contributed by atoms with Crippen LogP contribution in [0.3, 0.4) is 0 Å². The molecule has 0 N–H and O–H groups in total. The second-order valence-electron chi connectivity index (χ2n) is 14.5. The monoisotopic (exact) mass is 700 g/mol. The maximum Gasteiger partial charge on any atom is 0.221 e. The molecule has 0 aliphatic rings. The normalized spacial score (nSPS) is 12.4. The minimum atomic E-state index is 0.813. The maximum atomic E-state index is 5.39. The number of fused-ring (bicyclic) bond motifs is 18. The lowest BCUT2D eigenvalue weighted by Gasteiger charge is -2.13. The quantitative estimate of drug-likeness (QED) is 0.169. The minimum absolute atomic E-state index is 0.813. The van der Waals surface area contributed by atoms with Crippen LogP contribution in [0.4, 0.5) is 0 Å². The summed E-state index contributed by atoms with van der Waals surface area (Å²) in [6.07, 6.45) is 0. The molecule has 0 unspecified atom stereocenters. The summed E-state index contributed by atoms with van der Waals surface area (Å²) in [4.78, 5) is 15.9. The Bertz CT molecular complexity index is 3790. The van der Waals surface area contributed by atoms with E-state index in [2.05, 4.69) is 171 Å². The second-order valence-corrected chi connectivity index (χ2v) is 14.5. The van der Waals surface area contributed by atoms with E-state index < -0.39 is 0 Å². The van der Waals surface area contributed by atoms with Gasteiger partial charge in [0.05, 0.1) is 44.1 Å². The average Bonchev–Trinajstić information content (AvgIpc) is 3.93. The van der Waals surface area contributed by atoms with E-state index in [1.165, 1.54) is 37.7 Å². The zero-order valence-corrected chi connectivity index (χ0v) is 29.3. The third-order valence-electron chi connectivity index (χ3n) is 11.6. The summed E-state index contributed by atoms with van der Waals surface area (Å²) < 4.78 is 6.90. The summed E-state index contributed by atoms with van der Waals surface area (Å²) in [5, 5.41) is 9.43. The predicted octanol–water partition coefficient (Wildman–Crippen LogP) is 12.1. The predicted molar refractivity (Wildman–Crippen MR) is 227 cm³/mol. The van der Waals surface area contributed by atoms with Crippen molar-refractivity contribution in [2.45, 2.75) is 0 Å². The summed E-state index contributed by atoms with van der Waals surface area (Å²) in [6.45, 7) is 0. The lowest BCUT2D eigenvalue weighted by molar-refractivity contribution is 0.979. The number of hydrogen-bond acceptors (Lipinski definition) is 3. The molecular formula is C49H28N6. The number of hydrogen-bond donors (Lipinski definition) is 0. The van der Waals surface area contributed by atoms with Gasteiger partial charge in [0.25, 0.3) is 0 Å². The van der Waals surface area contributed by atoms with E-state index in [1.807, 2.05) is 12.1 Å². The molecule has 0 bridgehead atoms. The van der Waals surface area contributed by atoms with E-state index in [0.717, 1.165) is 77.9 Å². The van der Waals surface area contributed by atoms with Gasteiger partial charge in [0.15, 0.2) is 0 Å². The highest BCUT2D eigenvalue weighted by atomic mass is 15.2. The minimum Gasteiger partial charge on any atom is -0.292 e. The fraction of sp³-hybridized carbons (Fsp3) is 0. The van der Waals surface area contributed by atoms with Gasteiger partial charge in [-0.2, -0.15) is 0 Å². The van der Waals surface area contributed by atoms with E-state index >= 15 is 0 Å². The fourth-order valence-corrected chi connectivity index (χ4v) is 9.14. The van der Waals surface area contributed by atoms with Crippen LogP contribution >= 0.6 is 0 Å². The Morgan fingerprint density at radius 1 is 0.327 bits per heavy atom. The van der Waals surface area contributed by atoms with Crippen molar-refractivity contribution < 1.29 is 0 Å². The molecule has 0 aliphatic carbocycles. The topological polar surface area (TPSA) is 52.4 Å². The van der Waals surface area contributed by atoms with E-state index in [1.54, 1.807) is 0 Å². The Labute approximate surface area is 312 Å². The number of aromatic nitrogens is 6. The molecule has 13 rings (SSSR count). The SMILES string of the molecule is c1ccc2c(c1)ccc1c3ccccc3n3c4cc(-c5ccc6c7ccccc7n(-c7nc8ccccc8c8nc9ccccc9n78)c6c5)ccc4nc3c21. The van der Waals surface area contributed by atoms with Crippen LogP contribution in [0.25, 0.3) is 116 Å². The third-order valence-corrected chi connectivity index (χ3v) is 11.6. The summed E-state index contributed by atoms with van der Waals surface area (Å²) in [5.74, 6) is 0.813. The van der Waals surface area contributed by atoms with E-state index in [4.69, 9.17) is 15.0 Å². The molecule has 0 aliphatic heterocycles. The Hall–Kier alpha value is -7.57. The van der Waals surface area contributed by atoms with Crippen LogP contribution in [-0.2, 0) is 0 Å². The standard InChI is InChI=1S/C49H28N6/c1-2-12-32-29(11-1)21-25-36-34-14-5-8-18-41(34)53-45-28-31(23-26-40(45)51-48(53)46(32)36)30-22-24-35-33-13-4-9-19-42(33)54(44(35)27-30)49-52-38-16-6-3-15-37(38)47-50-39-17-7-10-20-43(39)55(47)49/h1-28H. The van der Waals surface area contributed by atoms with Gasteiger partial charge in [-0.1, -0.05) is 115 Å². The van der Waals surface area contributed by atoms with Gasteiger partial charge in [-0.3, -0.25) is 13.4 Å². The Balaban J connectivity index is 1.11. The highest BCUT2D eigenvalue weighted by Crippen LogP contribution is 2.39. The smallest absolute Gasteiger partial charge is 0.221 e. The fourth-order valence-electron chi connectivity index (χ4n) is 9.14. The highest BCUT2D eigenvalue weighted by Gasteiger charge is 2.21. The lowest BCUT2D eigenvalue weighted by Crippen LogP contribution is -2.06. The first-order chi connectivity index (χ1) is 27.3. The molecule has 254 valence electrons. The first-order valence-corrected chi connectivity index (χ1v) is 18.6. The molecule has 5 aromatic heterocycles. The molecular weight excluding hydrogens is 673 g/mol. The van der Waals surface area contributed by atoms with Crippen LogP contribution in [-0.4, -0.2) is 28.3 Å². The Kier molecular flexibility index (Phi) is 5.54. The zero-order chi connectivity index (χ0) is 35.8. The van der Waals surface area contributed by atoms with Crippen molar-refractivity contribution in [2.24, 2.45) is 0 Å².